The Morgan fingerprint density at radius 3 is 2.29 bits per heavy atom. The van der Waals surface area contributed by atoms with Crippen molar-refractivity contribution in [2.75, 3.05) is 13.2 Å². The molecule has 0 unspecified atom stereocenters. The van der Waals surface area contributed by atoms with Crippen LogP contribution in [0.4, 0.5) is 0 Å². The number of hydrogen-bond donors (Lipinski definition) is 0. The van der Waals surface area contributed by atoms with Gasteiger partial charge in [0.1, 0.15) is 0 Å². The molecule has 3 aliphatic rings. The predicted molar refractivity (Wildman–Crippen MR) is 53.9 cm³/mol. The fourth-order valence-electron chi connectivity index (χ4n) is 2.50. The van der Waals surface area contributed by atoms with Gasteiger partial charge in [0.05, 0.1) is 13.2 Å². The van der Waals surface area contributed by atoms with E-state index in [-0.39, 0.29) is 5.79 Å². The predicted octanol–water partition coefficient (Wildman–Crippen LogP) is 2.64. The van der Waals surface area contributed by atoms with E-state index >= 15 is 0 Å². The topological polar surface area (TPSA) is 18.5 Å². The Labute approximate surface area is 85.3 Å². The summed E-state index contributed by atoms with van der Waals surface area (Å²) in [4.78, 5) is 0. The molecule has 0 N–H and O–H groups in total. The highest BCUT2D eigenvalue weighted by Gasteiger charge is 2.38. The van der Waals surface area contributed by atoms with E-state index in [4.69, 9.17) is 9.47 Å². The minimum absolute atomic E-state index is 0.180. The molecule has 0 atom stereocenters. The first-order chi connectivity index (χ1) is 6.86. The van der Waals surface area contributed by atoms with Crippen LogP contribution in [0.1, 0.15) is 38.5 Å². The lowest BCUT2D eigenvalue weighted by atomic mass is 9.89. The van der Waals surface area contributed by atoms with Gasteiger partial charge in [0, 0.05) is 12.8 Å². The van der Waals surface area contributed by atoms with Gasteiger partial charge in [-0.25, -0.2) is 0 Å². The summed E-state index contributed by atoms with van der Waals surface area (Å²) < 4.78 is 11.4. The van der Waals surface area contributed by atoms with Crippen LogP contribution in [0.3, 0.4) is 0 Å². The van der Waals surface area contributed by atoms with Gasteiger partial charge in [-0.2, -0.15) is 0 Å². The molecule has 3 rings (SSSR count). The molecule has 0 aromatic heterocycles. The summed E-state index contributed by atoms with van der Waals surface area (Å²) in [6.45, 7) is 1.59. The van der Waals surface area contributed by atoms with Gasteiger partial charge < -0.3 is 9.47 Å². The molecule has 78 valence electrons. The molecule has 0 amide bonds. The third kappa shape index (κ3) is 1.73. The number of ether oxygens (including phenoxy) is 2. The van der Waals surface area contributed by atoms with Crippen molar-refractivity contribution >= 4 is 0 Å². The van der Waals surface area contributed by atoms with E-state index in [2.05, 4.69) is 6.08 Å². The van der Waals surface area contributed by atoms with Crippen molar-refractivity contribution in [2.24, 2.45) is 5.92 Å². The van der Waals surface area contributed by atoms with Gasteiger partial charge in [-0.1, -0.05) is 11.6 Å². The fourth-order valence-corrected chi connectivity index (χ4v) is 2.50. The van der Waals surface area contributed by atoms with Gasteiger partial charge >= 0.3 is 0 Å². The Morgan fingerprint density at radius 2 is 1.71 bits per heavy atom. The quantitative estimate of drug-likeness (QED) is 0.597. The SMILES string of the molecule is C(=C1CCC2(CC1)OCCO2)C1CC1. The van der Waals surface area contributed by atoms with Crippen LogP contribution in [0, 0.1) is 5.92 Å². The molecule has 2 aliphatic carbocycles. The number of rotatable bonds is 1. The van der Waals surface area contributed by atoms with Crippen molar-refractivity contribution in [3.8, 4) is 0 Å². The molecule has 1 spiro atoms. The molecule has 3 fully saturated rings. The maximum Gasteiger partial charge on any atom is 0.169 e. The van der Waals surface area contributed by atoms with Crippen LogP contribution in [0.2, 0.25) is 0 Å². The Hall–Kier alpha value is -0.340. The average Bonchev–Trinajstić information content (AvgIpc) is 2.91. The molecule has 14 heavy (non-hydrogen) atoms. The Bertz CT molecular complexity index is 235. The summed E-state index contributed by atoms with van der Waals surface area (Å²) in [5.41, 5.74) is 1.65. The van der Waals surface area contributed by atoms with Crippen LogP contribution >= 0.6 is 0 Å². The monoisotopic (exact) mass is 194 g/mol. The summed E-state index contributed by atoms with van der Waals surface area (Å²) in [6, 6.07) is 0. The van der Waals surface area contributed by atoms with E-state index in [1.165, 1.54) is 25.7 Å². The first kappa shape index (κ1) is 8.93. The lowest BCUT2D eigenvalue weighted by Crippen LogP contribution is -2.33. The van der Waals surface area contributed by atoms with Gasteiger partial charge in [-0.15, -0.1) is 0 Å². The number of allylic oxidation sites excluding steroid dienone is 2. The zero-order valence-electron chi connectivity index (χ0n) is 8.63. The molecular formula is C12H18O2. The van der Waals surface area contributed by atoms with Crippen LogP contribution in [0.15, 0.2) is 11.6 Å². The van der Waals surface area contributed by atoms with Crippen LogP contribution < -0.4 is 0 Å². The molecule has 0 aromatic carbocycles. The highest BCUT2D eigenvalue weighted by Crippen LogP contribution is 2.40. The van der Waals surface area contributed by atoms with Gasteiger partial charge in [0.25, 0.3) is 0 Å². The molecule has 0 bridgehead atoms. The lowest BCUT2D eigenvalue weighted by molar-refractivity contribution is -0.171. The second-order valence-corrected chi connectivity index (χ2v) is 4.77. The van der Waals surface area contributed by atoms with Crippen LogP contribution in [-0.4, -0.2) is 19.0 Å². The highest BCUT2D eigenvalue weighted by atomic mass is 16.7. The van der Waals surface area contributed by atoms with E-state index in [0.29, 0.717) is 0 Å². The van der Waals surface area contributed by atoms with Crippen LogP contribution in [0.25, 0.3) is 0 Å². The van der Waals surface area contributed by atoms with E-state index < -0.39 is 0 Å². The molecular weight excluding hydrogens is 176 g/mol. The molecule has 1 heterocycles. The Morgan fingerprint density at radius 1 is 1.07 bits per heavy atom. The minimum Gasteiger partial charge on any atom is -0.348 e. The zero-order chi connectivity index (χ0) is 9.43. The summed E-state index contributed by atoms with van der Waals surface area (Å²) in [5.74, 6) is 0.741. The van der Waals surface area contributed by atoms with Gasteiger partial charge in [-0.05, 0) is 31.6 Å². The first-order valence-corrected chi connectivity index (χ1v) is 5.84. The van der Waals surface area contributed by atoms with Gasteiger partial charge in [0.15, 0.2) is 5.79 Å². The van der Waals surface area contributed by atoms with Crippen molar-refractivity contribution < 1.29 is 9.47 Å². The minimum atomic E-state index is -0.180. The standard InChI is InChI=1S/C12H18O2/c1-2-10(1)9-11-3-5-12(6-4-11)13-7-8-14-12/h9-10H,1-8H2. The second kappa shape index (κ2) is 3.35. The Balaban J connectivity index is 1.60. The Kier molecular flexibility index (Phi) is 2.14. The maximum absolute atomic E-state index is 5.70. The van der Waals surface area contributed by atoms with Crippen molar-refractivity contribution in [2.45, 2.75) is 44.3 Å². The summed E-state index contributed by atoms with van der Waals surface area (Å²) in [5, 5.41) is 0. The highest BCUT2D eigenvalue weighted by molar-refractivity contribution is 5.12. The zero-order valence-corrected chi connectivity index (χ0v) is 8.63. The van der Waals surface area contributed by atoms with Crippen molar-refractivity contribution in [3.05, 3.63) is 11.6 Å². The van der Waals surface area contributed by atoms with Gasteiger partial charge in [0.2, 0.25) is 0 Å². The normalized spacial score (nSPS) is 31.0. The molecule has 2 nitrogen and oxygen atoms in total. The van der Waals surface area contributed by atoms with E-state index in [0.717, 1.165) is 32.0 Å². The fraction of sp³-hybridized carbons (Fsp3) is 0.833. The van der Waals surface area contributed by atoms with Crippen LogP contribution in [-0.2, 0) is 9.47 Å². The van der Waals surface area contributed by atoms with E-state index in [1.54, 1.807) is 5.57 Å². The molecule has 0 aromatic rings. The molecule has 0 radical (unpaired) electrons. The number of hydrogen-bond acceptors (Lipinski definition) is 2. The lowest BCUT2D eigenvalue weighted by Gasteiger charge is -2.32. The molecule has 2 saturated carbocycles. The second-order valence-electron chi connectivity index (χ2n) is 4.77. The summed E-state index contributed by atoms with van der Waals surface area (Å²) in [7, 11) is 0. The van der Waals surface area contributed by atoms with Gasteiger partial charge in [-0.3, -0.25) is 0 Å². The first-order valence-electron chi connectivity index (χ1n) is 5.84. The van der Waals surface area contributed by atoms with Crippen molar-refractivity contribution in [1.29, 1.82) is 0 Å². The smallest absolute Gasteiger partial charge is 0.169 e. The summed E-state index contributed by atoms with van der Waals surface area (Å²) in [6.07, 6.45) is 9.87. The van der Waals surface area contributed by atoms with Crippen molar-refractivity contribution in [3.63, 3.8) is 0 Å². The third-order valence-corrected chi connectivity index (χ3v) is 3.56. The molecule has 1 saturated heterocycles. The maximum atomic E-state index is 5.70. The third-order valence-electron chi connectivity index (χ3n) is 3.56. The van der Waals surface area contributed by atoms with E-state index in [1.807, 2.05) is 0 Å². The average molecular weight is 194 g/mol. The largest absolute Gasteiger partial charge is 0.348 e. The molecule has 1 aliphatic heterocycles. The van der Waals surface area contributed by atoms with E-state index in [9.17, 15) is 0 Å². The van der Waals surface area contributed by atoms with Crippen molar-refractivity contribution in [1.82, 2.24) is 0 Å². The van der Waals surface area contributed by atoms with Crippen LogP contribution in [0.5, 0.6) is 0 Å². The molecule has 2 heteroatoms. The summed E-state index contributed by atoms with van der Waals surface area (Å²) >= 11 is 0.